The van der Waals surface area contributed by atoms with Gasteiger partial charge in [-0.3, -0.25) is 0 Å². The summed E-state index contributed by atoms with van der Waals surface area (Å²) in [6.45, 7) is 8.91. The highest BCUT2D eigenvalue weighted by molar-refractivity contribution is 5.98. The Kier molecular flexibility index (Phi) is 5.51. The molecule has 0 bridgehead atoms. The van der Waals surface area contributed by atoms with Gasteiger partial charge in [0.05, 0.1) is 0 Å². The predicted molar refractivity (Wildman–Crippen MR) is 116 cm³/mol. The molecule has 0 heterocycles. The van der Waals surface area contributed by atoms with Crippen molar-refractivity contribution in [2.75, 3.05) is 0 Å². The Morgan fingerprint density at radius 1 is 0.704 bits per heavy atom. The van der Waals surface area contributed by atoms with Crippen LogP contribution in [0, 0.1) is 0 Å². The summed E-state index contributed by atoms with van der Waals surface area (Å²) >= 11 is 0. The number of phenols is 1. The van der Waals surface area contributed by atoms with Crippen molar-refractivity contribution in [2.45, 2.75) is 39.5 Å². The summed E-state index contributed by atoms with van der Waals surface area (Å²) in [6, 6.07) is 27.0. The highest BCUT2D eigenvalue weighted by Crippen LogP contribution is 2.35. The van der Waals surface area contributed by atoms with E-state index in [0.717, 1.165) is 12.0 Å². The first-order chi connectivity index (χ1) is 12.9. The lowest BCUT2D eigenvalue weighted by atomic mass is 9.84. The van der Waals surface area contributed by atoms with Crippen molar-refractivity contribution in [1.82, 2.24) is 0 Å². The maximum absolute atomic E-state index is 9.73. The molecule has 0 aliphatic heterocycles. The number of rotatable bonds is 4. The summed E-state index contributed by atoms with van der Waals surface area (Å²) in [7, 11) is 0. The molecule has 0 aliphatic carbocycles. The molecule has 3 aromatic rings. The van der Waals surface area contributed by atoms with E-state index in [1.165, 1.54) is 27.8 Å². The number of phenolic OH excluding ortho intramolecular Hbond substituents is 1. The van der Waals surface area contributed by atoms with Crippen LogP contribution in [0.25, 0.3) is 11.1 Å². The maximum Gasteiger partial charge on any atom is 0.115 e. The molecule has 0 radical (unpaired) electrons. The lowest BCUT2D eigenvalue weighted by molar-refractivity contribution is 0.475. The van der Waals surface area contributed by atoms with Crippen LogP contribution in [0.3, 0.4) is 0 Å². The van der Waals surface area contributed by atoms with E-state index in [1.807, 2.05) is 12.1 Å². The molecule has 3 rings (SSSR count). The van der Waals surface area contributed by atoms with Gasteiger partial charge in [-0.15, -0.1) is 0 Å². The van der Waals surface area contributed by atoms with Gasteiger partial charge in [0.2, 0.25) is 0 Å². The fourth-order valence-electron chi connectivity index (χ4n) is 3.44. The molecule has 1 heteroatoms. The third-order valence-corrected chi connectivity index (χ3v) is 4.97. The Hall–Kier alpha value is -2.80. The van der Waals surface area contributed by atoms with Gasteiger partial charge in [0.25, 0.3) is 0 Å². The minimum atomic E-state index is 0.133. The highest BCUT2D eigenvalue weighted by Gasteiger charge is 2.16. The molecule has 0 aliphatic rings. The van der Waals surface area contributed by atoms with Crippen LogP contribution in [0.1, 0.15) is 56.4 Å². The first-order valence-corrected chi connectivity index (χ1v) is 9.59. The van der Waals surface area contributed by atoms with Crippen LogP contribution in [0.2, 0.25) is 0 Å². The van der Waals surface area contributed by atoms with Crippen LogP contribution >= 0.6 is 0 Å². The fraction of sp³-hybridized carbons (Fsp3) is 0.231. The summed E-state index contributed by atoms with van der Waals surface area (Å²) in [6.07, 6.45) is 0.932. The van der Waals surface area contributed by atoms with E-state index in [9.17, 15) is 5.11 Å². The zero-order chi connectivity index (χ0) is 19.4. The second-order valence-electron chi connectivity index (χ2n) is 7.95. The first kappa shape index (κ1) is 19.0. The summed E-state index contributed by atoms with van der Waals surface area (Å²) in [5.74, 6) is 0.291. The molecule has 27 heavy (non-hydrogen) atoms. The van der Waals surface area contributed by atoms with E-state index in [0.29, 0.717) is 5.75 Å². The van der Waals surface area contributed by atoms with Gasteiger partial charge in [-0.1, -0.05) is 94.4 Å². The van der Waals surface area contributed by atoms with Gasteiger partial charge in [-0.2, -0.15) is 0 Å². The fourth-order valence-corrected chi connectivity index (χ4v) is 3.44. The number of allylic oxidation sites excluding steroid dienone is 1. The van der Waals surface area contributed by atoms with Gasteiger partial charge >= 0.3 is 0 Å². The quantitative estimate of drug-likeness (QED) is 0.496. The molecule has 3 aromatic carbocycles. The minimum Gasteiger partial charge on any atom is -0.508 e. The van der Waals surface area contributed by atoms with Crippen LogP contribution in [-0.2, 0) is 5.41 Å². The molecule has 1 nitrogen and oxygen atoms in total. The van der Waals surface area contributed by atoms with E-state index >= 15 is 0 Å². The molecule has 0 saturated carbocycles. The van der Waals surface area contributed by atoms with Crippen molar-refractivity contribution >= 4 is 11.1 Å². The van der Waals surface area contributed by atoms with Gasteiger partial charge in [-0.05, 0) is 57.4 Å². The first-order valence-electron chi connectivity index (χ1n) is 9.59. The molecule has 1 N–H and O–H groups in total. The highest BCUT2D eigenvalue weighted by atomic mass is 16.3. The number of hydrogen-bond donors (Lipinski definition) is 1. The van der Waals surface area contributed by atoms with Crippen molar-refractivity contribution in [3.8, 4) is 5.75 Å². The van der Waals surface area contributed by atoms with Crippen molar-refractivity contribution in [3.05, 3.63) is 101 Å². The Bertz CT molecular complexity index is 909. The predicted octanol–water partition coefficient (Wildman–Crippen LogP) is 7.06. The van der Waals surface area contributed by atoms with E-state index in [4.69, 9.17) is 0 Å². The summed E-state index contributed by atoms with van der Waals surface area (Å²) in [5.41, 5.74) is 7.56. The van der Waals surface area contributed by atoms with Crippen LogP contribution in [-0.4, -0.2) is 5.11 Å². The standard InChI is InChI=1S/C26H28O/c1-5-24(19-9-7-6-8-10-19)25(21-13-17-23(27)18-14-21)20-11-15-22(16-12-20)26(2,3)4/h6-18,27H,5H2,1-4H3/b25-24+. The average molecular weight is 357 g/mol. The molecular formula is C26H28O. The van der Waals surface area contributed by atoms with E-state index in [1.54, 1.807) is 12.1 Å². The Balaban J connectivity index is 2.22. The van der Waals surface area contributed by atoms with Crippen LogP contribution in [0.4, 0.5) is 0 Å². The van der Waals surface area contributed by atoms with Crippen LogP contribution < -0.4 is 0 Å². The van der Waals surface area contributed by atoms with Crippen molar-refractivity contribution in [3.63, 3.8) is 0 Å². The van der Waals surface area contributed by atoms with E-state index in [2.05, 4.69) is 82.3 Å². The molecule has 138 valence electrons. The molecule has 0 atom stereocenters. The van der Waals surface area contributed by atoms with Gasteiger partial charge < -0.3 is 5.11 Å². The molecule has 0 spiro atoms. The SMILES string of the molecule is CC/C(=C(\c1ccc(O)cc1)c1ccc(C(C)(C)C)cc1)c1ccccc1. The molecule has 0 unspecified atom stereocenters. The second kappa shape index (κ2) is 7.84. The minimum absolute atomic E-state index is 0.133. The van der Waals surface area contributed by atoms with Gasteiger partial charge in [-0.25, -0.2) is 0 Å². The Labute approximate surface area is 163 Å². The number of benzene rings is 3. The number of hydrogen-bond acceptors (Lipinski definition) is 1. The lowest BCUT2D eigenvalue weighted by Gasteiger charge is -2.21. The van der Waals surface area contributed by atoms with Gasteiger partial charge in [0.1, 0.15) is 5.75 Å². The Morgan fingerprint density at radius 3 is 1.70 bits per heavy atom. The average Bonchev–Trinajstić information content (AvgIpc) is 2.67. The lowest BCUT2D eigenvalue weighted by Crippen LogP contribution is -2.10. The molecule has 0 saturated heterocycles. The summed E-state index contributed by atoms with van der Waals surface area (Å²) < 4.78 is 0. The third-order valence-electron chi connectivity index (χ3n) is 4.97. The Morgan fingerprint density at radius 2 is 1.22 bits per heavy atom. The smallest absolute Gasteiger partial charge is 0.115 e. The van der Waals surface area contributed by atoms with Crippen LogP contribution in [0.15, 0.2) is 78.9 Å². The van der Waals surface area contributed by atoms with E-state index < -0.39 is 0 Å². The van der Waals surface area contributed by atoms with Crippen molar-refractivity contribution < 1.29 is 5.11 Å². The molecule has 0 amide bonds. The maximum atomic E-state index is 9.73. The normalized spacial score (nSPS) is 12.6. The zero-order valence-electron chi connectivity index (χ0n) is 16.7. The monoisotopic (exact) mass is 356 g/mol. The molecular weight excluding hydrogens is 328 g/mol. The van der Waals surface area contributed by atoms with Gasteiger partial charge in [0.15, 0.2) is 0 Å². The molecule has 0 aromatic heterocycles. The molecule has 0 fully saturated rings. The van der Waals surface area contributed by atoms with Crippen LogP contribution in [0.5, 0.6) is 5.75 Å². The second-order valence-corrected chi connectivity index (χ2v) is 7.95. The number of aromatic hydroxyl groups is 1. The topological polar surface area (TPSA) is 20.2 Å². The third kappa shape index (κ3) is 4.31. The van der Waals surface area contributed by atoms with E-state index in [-0.39, 0.29) is 5.41 Å². The van der Waals surface area contributed by atoms with Crippen molar-refractivity contribution in [2.24, 2.45) is 0 Å². The van der Waals surface area contributed by atoms with Crippen molar-refractivity contribution in [1.29, 1.82) is 0 Å². The zero-order valence-corrected chi connectivity index (χ0v) is 16.7. The summed E-state index contributed by atoms with van der Waals surface area (Å²) in [5, 5.41) is 9.73. The largest absolute Gasteiger partial charge is 0.508 e. The summed E-state index contributed by atoms with van der Waals surface area (Å²) in [4.78, 5) is 0. The van der Waals surface area contributed by atoms with Gasteiger partial charge in [0, 0.05) is 0 Å².